The first-order chi connectivity index (χ1) is 9.10. The predicted molar refractivity (Wildman–Crippen MR) is 76.0 cm³/mol. The van der Waals surface area contributed by atoms with Crippen molar-refractivity contribution < 1.29 is 4.79 Å². The summed E-state index contributed by atoms with van der Waals surface area (Å²) >= 11 is 0. The fourth-order valence-electron chi connectivity index (χ4n) is 2.44. The molecule has 1 aliphatic rings. The molecule has 3 N–H and O–H groups in total. The second kappa shape index (κ2) is 6.02. The quantitative estimate of drug-likeness (QED) is 0.858. The van der Waals surface area contributed by atoms with Crippen LogP contribution in [0, 0.1) is 6.92 Å². The number of carbonyl (C=O) groups is 1. The lowest BCUT2D eigenvalue weighted by Crippen LogP contribution is -2.44. The van der Waals surface area contributed by atoms with E-state index in [1.807, 2.05) is 6.92 Å². The average Bonchev–Trinajstić information content (AvgIpc) is 2.42. The smallest absolute Gasteiger partial charge is 0.253 e. The molecule has 0 radical (unpaired) electrons. The van der Waals surface area contributed by atoms with Gasteiger partial charge in [0.15, 0.2) is 0 Å². The number of amides is 1. The summed E-state index contributed by atoms with van der Waals surface area (Å²) < 4.78 is 0. The van der Waals surface area contributed by atoms with Crippen LogP contribution in [-0.4, -0.2) is 41.5 Å². The van der Waals surface area contributed by atoms with E-state index in [0.717, 1.165) is 38.2 Å². The van der Waals surface area contributed by atoms with E-state index >= 15 is 0 Å². The van der Waals surface area contributed by atoms with Crippen molar-refractivity contribution >= 4 is 11.6 Å². The van der Waals surface area contributed by atoms with Crippen molar-refractivity contribution in [2.24, 2.45) is 0 Å². The van der Waals surface area contributed by atoms with Gasteiger partial charge >= 0.3 is 0 Å². The molecule has 1 fully saturated rings. The van der Waals surface area contributed by atoms with Gasteiger partial charge in [-0.3, -0.25) is 9.78 Å². The van der Waals surface area contributed by atoms with E-state index in [4.69, 9.17) is 5.73 Å². The minimum Gasteiger partial charge on any atom is -0.397 e. The van der Waals surface area contributed by atoms with E-state index in [0.29, 0.717) is 11.3 Å². The molecule has 0 unspecified atom stereocenters. The minimum absolute atomic E-state index is 0.0627. The van der Waals surface area contributed by atoms with Crippen LogP contribution >= 0.6 is 0 Å². The number of hydrogen-bond acceptors (Lipinski definition) is 4. The Bertz CT molecular complexity index is 453. The van der Waals surface area contributed by atoms with Crippen molar-refractivity contribution in [2.75, 3.05) is 25.4 Å². The van der Waals surface area contributed by atoms with Crippen LogP contribution < -0.4 is 11.1 Å². The summed E-state index contributed by atoms with van der Waals surface area (Å²) in [6.45, 7) is 7.18. The number of pyridine rings is 1. The number of hydrogen-bond donors (Lipinski definition) is 2. The Labute approximate surface area is 114 Å². The maximum absolute atomic E-state index is 12.2. The van der Waals surface area contributed by atoms with Gasteiger partial charge in [-0.15, -0.1) is 0 Å². The molecule has 1 aliphatic heterocycles. The van der Waals surface area contributed by atoms with E-state index in [-0.39, 0.29) is 11.9 Å². The fourth-order valence-corrected chi connectivity index (χ4v) is 2.44. The van der Waals surface area contributed by atoms with Crippen molar-refractivity contribution in [2.45, 2.75) is 32.7 Å². The number of rotatable bonds is 3. The third-order valence-corrected chi connectivity index (χ3v) is 3.72. The normalized spacial score (nSPS) is 17.4. The lowest BCUT2D eigenvalue weighted by molar-refractivity contribution is 0.0911. The zero-order chi connectivity index (χ0) is 13.8. The zero-order valence-corrected chi connectivity index (χ0v) is 11.6. The Hall–Kier alpha value is -1.62. The summed E-state index contributed by atoms with van der Waals surface area (Å²) in [5.41, 5.74) is 7.51. The highest BCUT2D eigenvalue weighted by molar-refractivity contribution is 5.96. The van der Waals surface area contributed by atoms with Crippen molar-refractivity contribution in [1.29, 1.82) is 0 Å². The first-order valence-corrected chi connectivity index (χ1v) is 6.85. The van der Waals surface area contributed by atoms with Crippen molar-refractivity contribution in [3.8, 4) is 0 Å². The number of aromatic nitrogens is 1. The van der Waals surface area contributed by atoms with Gasteiger partial charge in [-0.1, -0.05) is 6.92 Å². The second-order valence-corrected chi connectivity index (χ2v) is 5.08. The largest absolute Gasteiger partial charge is 0.397 e. The van der Waals surface area contributed by atoms with Gasteiger partial charge in [-0.2, -0.15) is 0 Å². The SMILES string of the molecule is CCN1CCC(NC(=O)c2cc(N)cnc2C)CC1. The van der Waals surface area contributed by atoms with E-state index in [9.17, 15) is 4.79 Å². The van der Waals surface area contributed by atoms with Crippen molar-refractivity contribution in [3.05, 3.63) is 23.5 Å². The summed E-state index contributed by atoms with van der Waals surface area (Å²) in [5.74, 6) is -0.0627. The van der Waals surface area contributed by atoms with Gasteiger partial charge in [0.2, 0.25) is 0 Å². The number of nitrogens with one attached hydrogen (secondary N) is 1. The molecule has 0 aromatic carbocycles. The van der Waals surface area contributed by atoms with E-state index < -0.39 is 0 Å². The van der Waals surface area contributed by atoms with Crippen LogP contribution in [-0.2, 0) is 0 Å². The van der Waals surface area contributed by atoms with Crippen LogP contribution in [0.2, 0.25) is 0 Å². The predicted octanol–water partition coefficient (Wildman–Crippen LogP) is 1.19. The number of likely N-dealkylation sites (tertiary alicyclic amines) is 1. The lowest BCUT2D eigenvalue weighted by Gasteiger charge is -2.31. The van der Waals surface area contributed by atoms with Crippen LogP contribution in [0.5, 0.6) is 0 Å². The molecule has 0 spiro atoms. The topological polar surface area (TPSA) is 71.2 Å². The molecule has 0 saturated carbocycles. The Morgan fingerprint density at radius 2 is 2.21 bits per heavy atom. The van der Waals surface area contributed by atoms with Crippen LogP contribution in [0.3, 0.4) is 0 Å². The van der Waals surface area contributed by atoms with Gasteiger partial charge in [0.1, 0.15) is 0 Å². The zero-order valence-electron chi connectivity index (χ0n) is 11.6. The van der Waals surface area contributed by atoms with Crippen molar-refractivity contribution in [3.63, 3.8) is 0 Å². The maximum Gasteiger partial charge on any atom is 0.253 e. The molecule has 5 heteroatoms. The van der Waals surface area contributed by atoms with Crippen LogP contribution in [0.1, 0.15) is 35.8 Å². The number of carbonyl (C=O) groups excluding carboxylic acids is 1. The van der Waals surface area contributed by atoms with Gasteiger partial charge in [-0.25, -0.2) is 0 Å². The summed E-state index contributed by atoms with van der Waals surface area (Å²) in [4.78, 5) is 18.7. The number of anilines is 1. The lowest BCUT2D eigenvalue weighted by atomic mass is 10.0. The number of nitrogen functional groups attached to an aromatic ring is 1. The average molecular weight is 262 g/mol. The van der Waals surface area contributed by atoms with E-state index in [1.54, 1.807) is 12.3 Å². The molecule has 1 saturated heterocycles. The second-order valence-electron chi connectivity index (χ2n) is 5.08. The van der Waals surface area contributed by atoms with Gasteiger partial charge in [0, 0.05) is 19.1 Å². The first kappa shape index (κ1) is 13.8. The molecule has 1 amide bonds. The highest BCUT2D eigenvalue weighted by Gasteiger charge is 2.21. The summed E-state index contributed by atoms with van der Waals surface area (Å²) in [6, 6.07) is 1.95. The molecule has 1 aromatic heterocycles. The van der Waals surface area contributed by atoms with Crippen LogP contribution in [0.4, 0.5) is 5.69 Å². The number of nitrogens with two attached hydrogens (primary N) is 1. The Kier molecular flexibility index (Phi) is 4.37. The number of nitrogens with zero attached hydrogens (tertiary/aromatic N) is 2. The molecule has 5 nitrogen and oxygen atoms in total. The third-order valence-electron chi connectivity index (χ3n) is 3.72. The van der Waals surface area contributed by atoms with Gasteiger partial charge in [-0.05, 0) is 32.4 Å². The molecule has 1 aromatic rings. The molecule has 0 bridgehead atoms. The molecule has 2 heterocycles. The van der Waals surface area contributed by atoms with Crippen LogP contribution in [0.15, 0.2) is 12.3 Å². The first-order valence-electron chi connectivity index (χ1n) is 6.85. The Morgan fingerprint density at radius 1 is 1.53 bits per heavy atom. The maximum atomic E-state index is 12.2. The van der Waals surface area contributed by atoms with Gasteiger partial charge in [0.05, 0.1) is 23.1 Å². The number of piperidine rings is 1. The fraction of sp³-hybridized carbons (Fsp3) is 0.571. The summed E-state index contributed by atoms with van der Waals surface area (Å²) in [7, 11) is 0. The monoisotopic (exact) mass is 262 g/mol. The molecular formula is C14H22N4O. The summed E-state index contributed by atoms with van der Waals surface area (Å²) in [5, 5.41) is 3.09. The summed E-state index contributed by atoms with van der Waals surface area (Å²) in [6.07, 6.45) is 3.59. The Balaban J connectivity index is 1.96. The molecular weight excluding hydrogens is 240 g/mol. The van der Waals surface area contributed by atoms with E-state index in [1.165, 1.54) is 0 Å². The minimum atomic E-state index is -0.0627. The highest BCUT2D eigenvalue weighted by atomic mass is 16.1. The Morgan fingerprint density at radius 3 is 2.84 bits per heavy atom. The molecule has 0 aliphatic carbocycles. The number of aryl methyl sites for hydroxylation is 1. The highest BCUT2D eigenvalue weighted by Crippen LogP contribution is 2.13. The molecule has 104 valence electrons. The molecule has 2 rings (SSSR count). The molecule has 19 heavy (non-hydrogen) atoms. The third kappa shape index (κ3) is 3.44. The standard InChI is InChI=1S/C14H22N4O/c1-3-18-6-4-12(5-7-18)17-14(19)13-8-11(15)9-16-10(13)2/h8-9,12H,3-7,15H2,1-2H3,(H,17,19). The van der Waals surface area contributed by atoms with E-state index in [2.05, 4.69) is 22.1 Å². The van der Waals surface area contributed by atoms with Crippen molar-refractivity contribution in [1.82, 2.24) is 15.2 Å². The van der Waals surface area contributed by atoms with Gasteiger partial charge < -0.3 is 16.0 Å². The van der Waals surface area contributed by atoms with Gasteiger partial charge in [0.25, 0.3) is 5.91 Å². The molecule has 0 atom stereocenters. The van der Waals surface area contributed by atoms with Crippen LogP contribution in [0.25, 0.3) is 0 Å².